The van der Waals surface area contributed by atoms with Crippen LogP contribution in [0.5, 0.6) is 11.5 Å². The smallest absolute Gasteiger partial charge is 0.263 e. The molecule has 0 unspecified atom stereocenters. The molecule has 1 saturated heterocycles. The molecule has 0 spiro atoms. The Hall–Kier alpha value is -3.26. The molecule has 0 aliphatic carbocycles. The van der Waals surface area contributed by atoms with Crippen molar-refractivity contribution >= 4 is 32.6 Å². The van der Waals surface area contributed by atoms with Gasteiger partial charge in [-0.3, -0.25) is 14.6 Å². The molecule has 5 rings (SSSR count). The van der Waals surface area contributed by atoms with Gasteiger partial charge in [-0.1, -0.05) is 41.7 Å². The third-order valence-corrected chi connectivity index (χ3v) is 7.56. The Morgan fingerprint density at radius 3 is 2.56 bits per heavy atom. The maximum absolute atomic E-state index is 14.0. The Bertz CT molecular complexity index is 1290. The molecule has 186 valence electrons. The molecular formula is C29H31N3O3S. The lowest BCUT2D eigenvalue weighted by atomic mass is 10.1. The number of carbonyl (C=O) groups is 1. The van der Waals surface area contributed by atoms with Gasteiger partial charge in [-0.15, -0.1) is 0 Å². The number of thiazole rings is 1. The topological polar surface area (TPSA) is 54.9 Å². The first-order valence-corrected chi connectivity index (χ1v) is 13.2. The van der Waals surface area contributed by atoms with Crippen LogP contribution in [-0.4, -0.2) is 55.2 Å². The number of fused-ring (bicyclic) bond motifs is 1. The fraction of sp³-hybridized carbons (Fsp3) is 0.310. The van der Waals surface area contributed by atoms with Crippen LogP contribution < -0.4 is 9.64 Å². The molecule has 6 nitrogen and oxygen atoms in total. The van der Waals surface area contributed by atoms with Crippen molar-refractivity contribution in [3.8, 4) is 11.5 Å². The first-order chi connectivity index (χ1) is 17.6. The zero-order valence-electron chi connectivity index (χ0n) is 20.8. The minimum atomic E-state index is -0.101. The summed E-state index contributed by atoms with van der Waals surface area (Å²) in [5.41, 5.74) is 3.88. The number of para-hydroxylation sites is 2. The van der Waals surface area contributed by atoms with Gasteiger partial charge in [-0.2, -0.15) is 0 Å². The second-order valence-corrected chi connectivity index (χ2v) is 10.1. The van der Waals surface area contributed by atoms with Crippen LogP contribution in [0.2, 0.25) is 0 Å². The summed E-state index contributed by atoms with van der Waals surface area (Å²) in [6.45, 7) is 9.09. The SMILES string of the molecule is Cc1cc2nc(N(CCCN3CCOCC3)C(=O)c3ccccc3Oc3ccccc3)sc2cc1C. The lowest BCUT2D eigenvalue weighted by Crippen LogP contribution is -2.39. The van der Waals surface area contributed by atoms with Crippen molar-refractivity contribution in [1.82, 2.24) is 9.88 Å². The average molecular weight is 502 g/mol. The molecule has 2 heterocycles. The Morgan fingerprint density at radius 1 is 1.03 bits per heavy atom. The van der Waals surface area contributed by atoms with Crippen LogP contribution in [0, 0.1) is 13.8 Å². The number of amides is 1. The number of benzene rings is 3. The fourth-order valence-electron chi connectivity index (χ4n) is 4.34. The van der Waals surface area contributed by atoms with Gasteiger partial charge in [0.1, 0.15) is 11.5 Å². The molecule has 0 N–H and O–H groups in total. The van der Waals surface area contributed by atoms with Crippen molar-refractivity contribution in [2.24, 2.45) is 0 Å². The van der Waals surface area contributed by atoms with Gasteiger partial charge in [-0.05, 0) is 67.8 Å². The van der Waals surface area contributed by atoms with Crippen LogP contribution in [0.4, 0.5) is 5.13 Å². The van der Waals surface area contributed by atoms with E-state index in [9.17, 15) is 4.79 Å². The number of rotatable bonds is 8. The molecule has 1 fully saturated rings. The Labute approximate surface area is 216 Å². The third kappa shape index (κ3) is 5.59. The highest BCUT2D eigenvalue weighted by Gasteiger charge is 2.25. The lowest BCUT2D eigenvalue weighted by Gasteiger charge is -2.28. The van der Waals surface area contributed by atoms with E-state index in [4.69, 9.17) is 14.5 Å². The molecule has 3 aromatic carbocycles. The van der Waals surface area contributed by atoms with Crippen LogP contribution in [0.15, 0.2) is 66.7 Å². The van der Waals surface area contributed by atoms with Gasteiger partial charge in [0.25, 0.3) is 5.91 Å². The Morgan fingerprint density at radius 2 is 1.75 bits per heavy atom. The van der Waals surface area contributed by atoms with Gasteiger partial charge >= 0.3 is 0 Å². The molecular weight excluding hydrogens is 470 g/mol. The lowest BCUT2D eigenvalue weighted by molar-refractivity contribution is 0.0376. The van der Waals surface area contributed by atoms with Gasteiger partial charge in [-0.25, -0.2) is 4.98 Å². The predicted molar refractivity (Wildman–Crippen MR) is 146 cm³/mol. The number of anilines is 1. The molecule has 1 amide bonds. The third-order valence-electron chi connectivity index (χ3n) is 6.52. The summed E-state index contributed by atoms with van der Waals surface area (Å²) in [6, 6.07) is 21.3. The van der Waals surface area contributed by atoms with Crippen LogP contribution >= 0.6 is 11.3 Å². The summed E-state index contributed by atoms with van der Waals surface area (Å²) in [5.74, 6) is 1.14. The molecule has 36 heavy (non-hydrogen) atoms. The van der Waals surface area contributed by atoms with E-state index in [0.717, 1.165) is 54.6 Å². The van der Waals surface area contributed by atoms with Crippen LogP contribution in [0.3, 0.4) is 0 Å². The molecule has 0 radical (unpaired) electrons. The molecule has 0 bridgehead atoms. The zero-order valence-corrected chi connectivity index (χ0v) is 21.6. The summed E-state index contributed by atoms with van der Waals surface area (Å²) < 4.78 is 12.7. The fourth-order valence-corrected chi connectivity index (χ4v) is 5.41. The van der Waals surface area contributed by atoms with Crippen molar-refractivity contribution < 1.29 is 14.3 Å². The maximum Gasteiger partial charge on any atom is 0.263 e. The average Bonchev–Trinajstić information content (AvgIpc) is 3.30. The molecule has 7 heteroatoms. The highest BCUT2D eigenvalue weighted by atomic mass is 32.1. The first kappa shape index (κ1) is 24.4. The van der Waals surface area contributed by atoms with E-state index in [1.807, 2.05) is 59.5 Å². The van der Waals surface area contributed by atoms with Gasteiger partial charge in [0, 0.05) is 26.2 Å². The summed E-state index contributed by atoms with van der Waals surface area (Å²) in [4.78, 5) is 23.1. The number of nitrogens with zero attached hydrogens (tertiary/aromatic N) is 3. The van der Waals surface area contributed by atoms with Crippen LogP contribution in [-0.2, 0) is 4.74 Å². The van der Waals surface area contributed by atoms with E-state index in [1.54, 1.807) is 11.3 Å². The van der Waals surface area contributed by atoms with Crippen LogP contribution in [0.1, 0.15) is 27.9 Å². The number of carbonyl (C=O) groups excluding carboxylic acids is 1. The summed E-state index contributed by atoms with van der Waals surface area (Å²) in [7, 11) is 0. The highest BCUT2D eigenvalue weighted by Crippen LogP contribution is 2.33. The molecule has 0 atom stereocenters. The standard InChI is InChI=1S/C29H31N3O3S/c1-21-19-25-27(20-22(21)2)36-29(30-25)32(14-8-13-31-15-17-34-18-16-31)28(33)24-11-6-7-12-26(24)35-23-9-4-3-5-10-23/h3-7,9-12,19-20H,8,13-18H2,1-2H3. The van der Waals surface area contributed by atoms with Crippen molar-refractivity contribution in [3.05, 3.63) is 83.4 Å². The summed E-state index contributed by atoms with van der Waals surface area (Å²) >= 11 is 1.57. The molecule has 4 aromatic rings. The summed E-state index contributed by atoms with van der Waals surface area (Å²) in [6.07, 6.45) is 0.849. The van der Waals surface area contributed by atoms with Gasteiger partial charge in [0.05, 0.1) is 29.0 Å². The molecule has 1 aromatic heterocycles. The van der Waals surface area contributed by atoms with Gasteiger partial charge in [0.2, 0.25) is 0 Å². The minimum Gasteiger partial charge on any atom is -0.457 e. The Kier molecular flexibility index (Phi) is 7.60. The Balaban J connectivity index is 1.44. The number of aromatic nitrogens is 1. The molecule has 1 aliphatic heterocycles. The number of hydrogen-bond donors (Lipinski definition) is 0. The number of aryl methyl sites for hydroxylation is 2. The number of hydrogen-bond acceptors (Lipinski definition) is 6. The molecule has 1 aliphatic rings. The second-order valence-electron chi connectivity index (χ2n) is 9.08. The quantitative estimate of drug-likeness (QED) is 0.293. The van der Waals surface area contributed by atoms with E-state index in [2.05, 4.69) is 30.9 Å². The predicted octanol–water partition coefficient (Wildman–Crippen LogP) is 6.07. The number of morpholine rings is 1. The van der Waals surface area contributed by atoms with Crippen molar-refractivity contribution in [2.75, 3.05) is 44.3 Å². The maximum atomic E-state index is 14.0. The zero-order chi connectivity index (χ0) is 24.9. The normalized spacial score (nSPS) is 14.2. The van der Waals surface area contributed by atoms with E-state index in [-0.39, 0.29) is 5.91 Å². The first-order valence-electron chi connectivity index (χ1n) is 12.4. The van der Waals surface area contributed by atoms with E-state index in [0.29, 0.717) is 23.6 Å². The number of ether oxygens (including phenoxy) is 2. The largest absolute Gasteiger partial charge is 0.457 e. The highest BCUT2D eigenvalue weighted by molar-refractivity contribution is 7.22. The van der Waals surface area contributed by atoms with E-state index < -0.39 is 0 Å². The van der Waals surface area contributed by atoms with E-state index in [1.165, 1.54) is 11.1 Å². The van der Waals surface area contributed by atoms with Gasteiger partial charge < -0.3 is 9.47 Å². The molecule has 0 saturated carbocycles. The minimum absolute atomic E-state index is 0.101. The van der Waals surface area contributed by atoms with Crippen molar-refractivity contribution in [3.63, 3.8) is 0 Å². The second kappa shape index (κ2) is 11.2. The van der Waals surface area contributed by atoms with Gasteiger partial charge in [0.15, 0.2) is 5.13 Å². The van der Waals surface area contributed by atoms with Crippen molar-refractivity contribution in [1.29, 1.82) is 0 Å². The van der Waals surface area contributed by atoms with E-state index >= 15 is 0 Å². The monoisotopic (exact) mass is 501 g/mol. The van der Waals surface area contributed by atoms with Crippen LogP contribution in [0.25, 0.3) is 10.2 Å². The van der Waals surface area contributed by atoms with Crippen molar-refractivity contribution in [2.45, 2.75) is 20.3 Å². The summed E-state index contributed by atoms with van der Waals surface area (Å²) in [5, 5.41) is 0.719.